The van der Waals surface area contributed by atoms with E-state index in [9.17, 15) is 4.79 Å². The number of hydrogen-bond donors (Lipinski definition) is 2. The Hall–Kier alpha value is -0.640. The molecule has 0 aliphatic heterocycles. The number of rotatable bonds is 5. The normalized spacial score (nSPS) is 14.9. The summed E-state index contributed by atoms with van der Waals surface area (Å²) >= 11 is 4.88. The Morgan fingerprint density at radius 3 is 2.21 bits per heavy atom. The topological polar surface area (TPSA) is 55.1 Å². The van der Waals surface area contributed by atoms with Crippen molar-refractivity contribution in [1.82, 2.24) is 5.32 Å². The smallest absolute Gasteiger partial charge is 0.230 e. The molecule has 0 aromatic heterocycles. The third kappa shape index (κ3) is 4.05. The quantitative estimate of drug-likeness (QED) is 0.684. The Bertz CT molecular complexity index is 216. The molecule has 0 aliphatic carbocycles. The van der Waals surface area contributed by atoms with Gasteiger partial charge in [-0.3, -0.25) is 4.79 Å². The van der Waals surface area contributed by atoms with E-state index in [4.69, 9.17) is 18.0 Å². The monoisotopic (exact) mass is 216 g/mol. The average Bonchev–Trinajstić information content (AvgIpc) is 2.02. The van der Waals surface area contributed by atoms with Gasteiger partial charge in [0.2, 0.25) is 5.91 Å². The van der Waals surface area contributed by atoms with Crippen molar-refractivity contribution in [2.24, 2.45) is 17.6 Å². The van der Waals surface area contributed by atoms with Crippen LogP contribution in [0.25, 0.3) is 0 Å². The highest BCUT2D eigenvalue weighted by atomic mass is 32.1. The molecule has 0 fully saturated rings. The molecule has 3 nitrogen and oxygen atoms in total. The molecule has 0 saturated carbocycles. The Labute approximate surface area is 91.4 Å². The van der Waals surface area contributed by atoms with Crippen molar-refractivity contribution in [3.05, 3.63) is 0 Å². The van der Waals surface area contributed by atoms with Gasteiger partial charge in [0.05, 0.1) is 10.9 Å². The van der Waals surface area contributed by atoms with Crippen LogP contribution in [0.5, 0.6) is 0 Å². The van der Waals surface area contributed by atoms with E-state index in [1.165, 1.54) is 0 Å². The third-order valence-electron chi connectivity index (χ3n) is 2.26. The summed E-state index contributed by atoms with van der Waals surface area (Å²) in [6, 6.07) is 0.179. The lowest BCUT2D eigenvalue weighted by Gasteiger charge is -2.21. The lowest BCUT2D eigenvalue weighted by molar-refractivity contribution is -0.124. The molecule has 0 aromatic rings. The predicted molar refractivity (Wildman–Crippen MR) is 63.0 cm³/mol. The van der Waals surface area contributed by atoms with Gasteiger partial charge in [0, 0.05) is 6.04 Å². The fourth-order valence-corrected chi connectivity index (χ4v) is 1.57. The highest BCUT2D eigenvalue weighted by Gasteiger charge is 2.25. The third-order valence-corrected chi connectivity index (χ3v) is 2.51. The molecular weight excluding hydrogens is 196 g/mol. The van der Waals surface area contributed by atoms with Gasteiger partial charge in [-0.15, -0.1) is 0 Å². The summed E-state index contributed by atoms with van der Waals surface area (Å²) in [5.74, 6) is -0.252. The lowest BCUT2D eigenvalue weighted by Crippen LogP contribution is -2.43. The lowest BCUT2D eigenvalue weighted by atomic mass is 9.94. The fraction of sp³-hybridized carbons (Fsp3) is 0.800. The molecule has 0 aliphatic rings. The molecule has 82 valence electrons. The molecule has 3 N–H and O–H groups in total. The van der Waals surface area contributed by atoms with Crippen molar-refractivity contribution in [3.63, 3.8) is 0 Å². The highest BCUT2D eigenvalue weighted by molar-refractivity contribution is 7.80. The van der Waals surface area contributed by atoms with Crippen molar-refractivity contribution < 1.29 is 4.79 Å². The van der Waals surface area contributed by atoms with Crippen LogP contribution in [-0.4, -0.2) is 16.9 Å². The van der Waals surface area contributed by atoms with Crippen molar-refractivity contribution in [2.75, 3.05) is 0 Å². The van der Waals surface area contributed by atoms with E-state index < -0.39 is 0 Å². The van der Waals surface area contributed by atoms with E-state index in [1.807, 2.05) is 27.7 Å². The summed E-state index contributed by atoms with van der Waals surface area (Å²) in [5.41, 5.74) is 5.53. The second kappa shape index (κ2) is 5.96. The second-order valence-corrected chi connectivity index (χ2v) is 4.41. The summed E-state index contributed by atoms with van der Waals surface area (Å²) in [5, 5.41) is 2.89. The van der Waals surface area contributed by atoms with Crippen LogP contribution in [0.4, 0.5) is 0 Å². The number of nitrogens with one attached hydrogen (secondary N) is 1. The van der Waals surface area contributed by atoms with Crippen LogP contribution in [0.1, 0.15) is 34.1 Å². The highest BCUT2D eigenvalue weighted by Crippen LogP contribution is 2.11. The molecule has 0 bridgehead atoms. The first-order valence-electron chi connectivity index (χ1n) is 4.99. The van der Waals surface area contributed by atoms with E-state index >= 15 is 0 Å². The number of amides is 1. The average molecular weight is 216 g/mol. The first-order chi connectivity index (χ1) is 6.40. The van der Waals surface area contributed by atoms with Gasteiger partial charge in [0.15, 0.2) is 0 Å². The molecule has 14 heavy (non-hydrogen) atoms. The number of carbonyl (C=O) groups excluding carboxylic acids is 1. The van der Waals surface area contributed by atoms with Gasteiger partial charge in [-0.05, 0) is 19.3 Å². The molecule has 0 radical (unpaired) electrons. The van der Waals surface area contributed by atoms with Crippen molar-refractivity contribution in [3.8, 4) is 0 Å². The standard InChI is InChI=1S/C10H20N2OS/c1-5-7(4)12-10(13)8(6(2)3)9(11)14/h6-8H,5H2,1-4H3,(H2,11,14)(H,12,13). The molecular formula is C10H20N2OS. The molecule has 1 amide bonds. The number of thiocarbonyl (C=S) groups is 1. The Kier molecular flexibility index (Phi) is 5.69. The van der Waals surface area contributed by atoms with Crippen molar-refractivity contribution in [2.45, 2.75) is 40.2 Å². The molecule has 0 rings (SSSR count). The molecule has 4 heteroatoms. The maximum absolute atomic E-state index is 11.7. The largest absolute Gasteiger partial charge is 0.393 e. The summed E-state index contributed by atoms with van der Waals surface area (Å²) in [7, 11) is 0. The van der Waals surface area contributed by atoms with Crippen LogP contribution in [-0.2, 0) is 4.79 Å². The van der Waals surface area contributed by atoms with Crippen LogP contribution in [0, 0.1) is 11.8 Å². The zero-order valence-electron chi connectivity index (χ0n) is 9.33. The van der Waals surface area contributed by atoms with Gasteiger partial charge >= 0.3 is 0 Å². The van der Waals surface area contributed by atoms with Crippen molar-refractivity contribution in [1.29, 1.82) is 0 Å². The molecule has 0 heterocycles. The Balaban J connectivity index is 4.38. The summed E-state index contributed by atoms with van der Waals surface area (Å²) in [6.07, 6.45) is 0.911. The minimum Gasteiger partial charge on any atom is -0.393 e. The first kappa shape index (κ1) is 13.4. The van der Waals surface area contributed by atoms with Gasteiger partial charge < -0.3 is 11.1 Å². The number of nitrogens with two attached hydrogens (primary N) is 1. The van der Waals surface area contributed by atoms with E-state index in [0.717, 1.165) is 6.42 Å². The summed E-state index contributed by atoms with van der Waals surface area (Å²) in [4.78, 5) is 12.0. The van der Waals surface area contributed by atoms with Gasteiger partial charge in [-0.1, -0.05) is 33.0 Å². The zero-order chi connectivity index (χ0) is 11.3. The number of carbonyl (C=O) groups is 1. The molecule has 0 saturated heterocycles. The van der Waals surface area contributed by atoms with Crippen molar-refractivity contribution >= 4 is 23.1 Å². The van der Waals surface area contributed by atoms with E-state index in [0.29, 0.717) is 0 Å². The number of hydrogen-bond acceptors (Lipinski definition) is 2. The second-order valence-electron chi connectivity index (χ2n) is 3.94. The maximum atomic E-state index is 11.7. The summed E-state index contributed by atoms with van der Waals surface area (Å²) < 4.78 is 0. The predicted octanol–water partition coefficient (Wildman–Crippen LogP) is 1.46. The minimum absolute atomic E-state index is 0.0538. The fourth-order valence-electron chi connectivity index (χ4n) is 1.20. The maximum Gasteiger partial charge on any atom is 0.230 e. The molecule has 0 aromatic carbocycles. The van der Waals surface area contributed by atoms with E-state index in [-0.39, 0.29) is 28.8 Å². The molecule has 2 atom stereocenters. The zero-order valence-corrected chi connectivity index (χ0v) is 10.1. The van der Waals surface area contributed by atoms with E-state index in [1.54, 1.807) is 0 Å². The van der Waals surface area contributed by atoms with Gasteiger partial charge in [0.25, 0.3) is 0 Å². The van der Waals surface area contributed by atoms with Crippen LogP contribution >= 0.6 is 12.2 Å². The van der Waals surface area contributed by atoms with Gasteiger partial charge in [0.1, 0.15) is 0 Å². The SMILES string of the molecule is CCC(C)NC(=O)C(C(N)=S)C(C)C. The van der Waals surface area contributed by atoms with Crippen LogP contribution in [0.3, 0.4) is 0 Å². The molecule has 2 unspecified atom stereocenters. The van der Waals surface area contributed by atoms with Crippen LogP contribution < -0.4 is 11.1 Å². The molecule has 0 spiro atoms. The van der Waals surface area contributed by atoms with Gasteiger partial charge in [-0.25, -0.2) is 0 Å². The summed E-state index contributed by atoms with van der Waals surface area (Å²) in [6.45, 7) is 7.88. The Morgan fingerprint density at radius 1 is 1.43 bits per heavy atom. The Morgan fingerprint density at radius 2 is 1.93 bits per heavy atom. The van der Waals surface area contributed by atoms with E-state index in [2.05, 4.69) is 5.32 Å². The minimum atomic E-state index is -0.348. The van der Waals surface area contributed by atoms with Crippen LogP contribution in [0.15, 0.2) is 0 Å². The van der Waals surface area contributed by atoms with Crippen LogP contribution in [0.2, 0.25) is 0 Å². The first-order valence-corrected chi connectivity index (χ1v) is 5.40. The van der Waals surface area contributed by atoms with Gasteiger partial charge in [-0.2, -0.15) is 0 Å².